The molecule has 0 saturated heterocycles. The molecule has 1 fully saturated rings. The number of carbonyl (C=O) groups is 1. The molecule has 148 valence electrons. The van der Waals surface area contributed by atoms with E-state index in [9.17, 15) is 9.18 Å². The highest BCUT2D eigenvalue weighted by molar-refractivity contribution is 6.00. The van der Waals surface area contributed by atoms with Gasteiger partial charge >= 0.3 is 0 Å². The minimum Gasteiger partial charge on any atom is -0.474 e. The molecule has 1 aliphatic heterocycles. The molecule has 1 amide bonds. The highest BCUT2D eigenvalue weighted by atomic mass is 19.1. The number of halogens is 1. The van der Waals surface area contributed by atoms with Gasteiger partial charge in [0.1, 0.15) is 18.0 Å². The van der Waals surface area contributed by atoms with E-state index in [2.05, 4.69) is 49.0 Å². The summed E-state index contributed by atoms with van der Waals surface area (Å²) in [4.78, 5) is 28.8. The molecule has 1 spiro atoms. The Morgan fingerprint density at radius 1 is 1.21 bits per heavy atom. The summed E-state index contributed by atoms with van der Waals surface area (Å²) in [7, 11) is 0. The van der Waals surface area contributed by atoms with Crippen molar-refractivity contribution < 1.29 is 13.9 Å². The van der Waals surface area contributed by atoms with Crippen LogP contribution in [0.2, 0.25) is 0 Å². The van der Waals surface area contributed by atoms with Crippen LogP contribution < -0.4 is 20.7 Å². The van der Waals surface area contributed by atoms with Crippen LogP contribution in [0.15, 0.2) is 55.3 Å². The molecule has 10 heteroatoms. The molecule has 4 rings (SSSR count). The molecule has 0 aromatic carbocycles. The normalized spacial score (nSPS) is 17.1. The van der Waals surface area contributed by atoms with E-state index in [0.29, 0.717) is 30.2 Å². The number of pyridine rings is 1. The molecule has 3 heterocycles. The maximum Gasteiger partial charge on any atom is 0.269 e. The van der Waals surface area contributed by atoms with E-state index >= 15 is 0 Å². The lowest BCUT2D eigenvalue weighted by molar-refractivity contribution is -0.140. The number of aromatic nitrogens is 4. The van der Waals surface area contributed by atoms with E-state index in [0.717, 1.165) is 12.5 Å². The van der Waals surface area contributed by atoms with Gasteiger partial charge < -0.3 is 20.7 Å². The maximum atomic E-state index is 13.7. The lowest BCUT2D eigenvalue weighted by Gasteiger charge is -2.42. The second kappa shape index (κ2) is 7.30. The topological polar surface area (TPSA) is 114 Å². The van der Waals surface area contributed by atoms with Crippen molar-refractivity contribution in [2.75, 3.05) is 16.0 Å². The Hall–Kier alpha value is -3.82. The highest BCUT2D eigenvalue weighted by Gasteiger charge is 2.49. The van der Waals surface area contributed by atoms with Gasteiger partial charge in [0.15, 0.2) is 17.2 Å². The van der Waals surface area contributed by atoms with Crippen LogP contribution in [0.4, 0.5) is 27.9 Å². The van der Waals surface area contributed by atoms with Crippen molar-refractivity contribution in [1.82, 2.24) is 19.9 Å². The summed E-state index contributed by atoms with van der Waals surface area (Å²) < 4.78 is 19.6. The van der Waals surface area contributed by atoms with Gasteiger partial charge in [-0.3, -0.25) is 4.79 Å². The average Bonchev–Trinajstić information content (AvgIpc) is 2.70. The predicted molar refractivity (Wildman–Crippen MR) is 105 cm³/mol. The summed E-state index contributed by atoms with van der Waals surface area (Å²) in [5, 5.41) is 8.41. The van der Waals surface area contributed by atoms with Crippen LogP contribution >= 0.6 is 0 Å². The number of ether oxygens (including phenoxy) is 1. The molecule has 29 heavy (non-hydrogen) atoms. The van der Waals surface area contributed by atoms with Crippen LogP contribution in [0.3, 0.4) is 0 Å². The predicted octanol–water partition coefficient (Wildman–Crippen LogP) is 3.23. The molecule has 2 aromatic heterocycles. The summed E-state index contributed by atoms with van der Waals surface area (Å²) in [5.41, 5.74) is -0.677. The number of rotatable bonds is 6. The number of allylic oxidation sites excluding steroid dienone is 3. The largest absolute Gasteiger partial charge is 0.474 e. The Balaban J connectivity index is 1.52. The van der Waals surface area contributed by atoms with Gasteiger partial charge in [-0.1, -0.05) is 13.2 Å². The molecule has 0 bridgehead atoms. The van der Waals surface area contributed by atoms with Crippen LogP contribution in [0.25, 0.3) is 0 Å². The molecule has 1 saturated carbocycles. The van der Waals surface area contributed by atoms with Gasteiger partial charge in [-0.2, -0.15) is 4.98 Å². The van der Waals surface area contributed by atoms with Crippen molar-refractivity contribution in [1.29, 1.82) is 0 Å². The summed E-state index contributed by atoms with van der Waals surface area (Å²) in [5.74, 6) is 0.757. The summed E-state index contributed by atoms with van der Waals surface area (Å²) in [6.45, 7) is 6.90. The van der Waals surface area contributed by atoms with Crippen LogP contribution in [0.5, 0.6) is 5.75 Å². The maximum absolute atomic E-state index is 13.7. The third-order valence-electron chi connectivity index (χ3n) is 4.67. The highest BCUT2D eigenvalue weighted by Crippen LogP contribution is 2.43. The monoisotopic (exact) mass is 395 g/mol. The quantitative estimate of drug-likeness (QED) is 0.639. The smallest absolute Gasteiger partial charge is 0.269 e. The van der Waals surface area contributed by atoms with Crippen molar-refractivity contribution >= 4 is 29.4 Å². The number of hydrogen-bond donors (Lipinski definition) is 3. The van der Waals surface area contributed by atoms with Gasteiger partial charge in [0.05, 0.1) is 5.70 Å². The van der Waals surface area contributed by atoms with Gasteiger partial charge in [0.25, 0.3) is 5.91 Å². The summed E-state index contributed by atoms with van der Waals surface area (Å²) in [6, 6.07) is 3.41. The van der Waals surface area contributed by atoms with E-state index in [1.807, 2.05) is 0 Å². The van der Waals surface area contributed by atoms with E-state index in [1.54, 1.807) is 12.1 Å². The molecular weight excluding hydrogens is 377 g/mol. The Morgan fingerprint density at radius 3 is 2.69 bits per heavy atom. The zero-order chi connectivity index (χ0) is 20.4. The minimum atomic E-state index is -0.754. The second-order valence-corrected chi connectivity index (χ2v) is 6.50. The number of hydrogen-bond acceptors (Lipinski definition) is 8. The number of nitrogens with zero attached hydrogens (tertiary/aromatic N) is 4. The minimum absolute atomic E-state index is 0.0776. The second-order valence-electron chi connectivity index (χ2n) is 6.50. The number of amides is 1. The molecule has 9 nitrogen and oxygen atoms in total. The Morgan fingerprint density at radius 2 is 2.00 bits per heavy atom. The summed E-state index contributed by atoms with van der Waals surface area (Å²) >= 11 is 0. The first kappa shape index (κ1) is 18.5. The van der Waals surface area contributed by atoms with Gasteiger partial charge in [0.2, 0.25) is 11.9 Å². The Bertz CT molecular complexity index is 1030. The third-order valence-corrected chi connectivity index (χ3v) is 4.67. The molecular formula is C19H18FN7O2. The molecule has 0 atom stereocenters. The van der Waals surface area contributed by atoms with E-state index in [4.69, 9.17) is 4.74 Å². The van der Waals surface area contributed by atoms with E-state index in [-0.39, 0.29) is 23.5 Å². The van der Waals surface area contributed by atoms with Gasteiger partial charge in [-0.25, -0.2) is 19.3 Å². The molecule has 0 unspecified atom stereocenters. The first-order chi connectivity index (χ1) is 14.0. The SMILES string of the molecule is C=C/C(F)=C(\C=C)Nc1ncnc(Nc2ccc3c(n2)NC(=O)C2(CCC2)O3)n1. The fourth-order valence-electron chi connectivity index (χ4n) is 2.96. The molecule has 1 aliphatic carbocycles. The summed E-state index contributed by atoms with van der Waals surface area (Å²) in [6.07, 6.45) is 5.96. The van der Waals surface area contributed by atoms with Gasteiger partial charge in [-0.05, 0) is 43.5 Å². The zero-order valence-corrected chi connectivity index (χ0v) is 15.4. The average molecular weight is 395 g/mol. The van der Waals surface area contributed by atoms with Crippen molar-refractivity contribution in [3.05, 3.63) is 55.3 Å². The first-order valence-electron chi connectivity index (χ1n) is 8.92. The molecule has 0 radical (unpaired) electrons. The Labute approximate surface area is 165 Å². The standard InChI is InChI=1S/C19H18FN7O2/c1-3-11(20)12(4-2)23-17-21-10-22-18(27-17)25-14-7-6-13-15(24-14)26-16(28)19(29-13)8-5-9-19/h3-4,6-7,10H,1-2,5,8-9H2,(H3,21,22,23,24,25,26,27,28)/b12-11-. The van der Waals surface area contributed by atoms with E-state index in [1.165, 1.54) is 12.4 Å². The molecule has 2 aromatic rings. The number of carbonyl (C=O) groups excluding carboxylic acids is 1. The van der Waals surface area contributed by atoms with Gasteiger partial charge in [-0.15, -0.1) is 0 Å². The van der Waals surface area contributed by atoms with Crippen molar-refractivity contribution in [3.63, 3.8) is 0 Å². The molecule has 2 aliphatic rings. The van der Waals surface area contributed by atoms with Crippen LogP contribution in [0.1, 0.15) is 19.3 Å². The van der Waals surface area contributed by atoms with Crippen LogP contribution in [-0.2, 0) is 4.79 Å². The lowest BCUT2D eigenvalue weighted by atomic mass is 9.78. The fraction of sp³-hybridized carbons (Fsp3) is 0.211. The van der Waals surface area contributed by atoms with Gasteiger partial charge in [0, 0.05) is 0 Å². The molecule has 3 N–H and O–H groups in total. The fourth-order valence-corrected chi connectivity index (χ4v) is 2.96. The number of anilines is 4. The zero-order valence-electron chi connectivity index (χ0n) is 15.4. The van der Waals surface area contributed by atoms with Crippen LogP contribution in [-0.4, -0.2) is 31.4 Å². The van der Waals surface area contributed by atoms with E-state index < -0.39 is 11.4 Å². The first-order valence-corrected chi connectivity index (χ1v) is 8.92. The lowest BCUT2D eigenvalue weighted by Crippen LogP contribution is -2.55. The number of fused-ring (bicyclic) bond motifs is 1. The third kappa shape index (κ3) is 3.51. The van der Waals surface area contributed by atoms with Crippen molar-refractivity contribution in [3.8, 4) is 5.75 Å². The Kier molecular flexibility index (Phi) is 4.67. The number of nitrogens with one attached hydrogen (secondary N) is 3. The van der Waals surface area contributed by atoms with Crippen molar-refractivity contribution in [2.45, 2.75) is 24.9 Å². The van der Waals surface area contributed by atoms with Crippen LogP contribution in [0, 0.1) is 0 Å². The van der Waals surface area contributed by atoms with Crippen molar-refractivity contribution in [2.24, 2.45) is 0 Å².